The SMILES string of the molecule is Cc1ccccc1-n1c(SCC(=O)Nc2ccc(C#N)c(Cl)c2)nc2ccccc2c1=O. The molecule has 0 bridgehead atoms. The Bertz CT molecular complexity index is 1440. The highest BCUT2D eigenvalue weighted by atomic mass is 35.5. The molecule has 1 amide bonds. The van der Waals surface area contributed by atoms with Crippen molar-refractivity contribution < 1.29 is 4.79 Å². The Morgan fingerprint density at radius 1 is 1.16 bits per heavy atom. The van der Waals surface area contributed by atoms with Crippen LogP contribution in [0.5, 0.6) is 0 Å². The molecule has 3 aromatic carbocycles. The summed E-state index contributed by atoms with van der Waals surface area (Å²) in [7, 11) is 0. The van der Waals surface area contributed by atoms with Crippen LogP contribution in [-0.4, -0.2) is 21.2 Å². The summed E-state index contributed by atoms with van der Waals surface area (Å²) in [5.41, 5.74) is 2.85. The molecule has 8 heteroatoms. The van der Waals surface area contributed by atoms with Crippen molar-refractivity contribution >= 4 is 45.9 Å². The Hall–Kier alpha value is -3.60. The van der Waals surface area contributed by atoms with Gasteiger partial charge in [0.25, 0.3) is 5.56 Å². The average molecular weight is 461 g/mol. The number of fused-ring (bicyclic) bond motifs is 1. The Labute approximate surface area is 193 Å². The van der Waals surface area contributed by atoms with Crippen LogP contribution in [0.25, 0.3) is 16.6 Å². The second-order valence-corrected chi connectivity index (χ2v) is 8.33. The smallest absolute Gasteiger partial charge is 0.266 e. The quantitative estimate of drug-likeness (QED) is 0.336. The fourth-order valence-corrected chi connectivity index (χ4v) is 4.28. The molecule has 0 aliphatic heterocycles. The van der Waals surface area contributed by atoms with Crippen molar-refractivity contribution in [2.45, 2.75) is 12.1 Å². The van der Waals surface area contributed by atoms with Gasteiger partial charge in [-0.2, -0.15) is 5.26 Å². The average Bonchev–Trinajstić information content (AvgIpc) is 2.79. The first kappa shape index (κ1) is 21.6. The number of carbonyl (C=O) groups is 1. The number of aromatic nitrogens is 2. The molecule has 0 unspecified atom stereocenters. The van der Waals surface area contributed by atoms with Crippen molar-refractivity contribution in [3.05, 3.63) is 93.2 Å². The lowest BCUT2D eigenvalue weighted by atomic mass is 10.2. The maximum Gasteiger partial charge on any atom is 0.266 e. The van der Waals surface area contributed by atoms with Crippen LogP contribution in [0.4, 0.5) is 5.69 Å². The number of nitrogens with zero attached hydrogens (tertiary/aromatic N) is 3. The molecule has 1 aromatic heterocycles. The first-order chi connectivity index (χ1) is 15.5. The van der Waals surface area contributed by atoms with Gasteiger partial charge in [0.05, 0.1) is 32.9 Å². The number of aryl methyl sites for hydroxylation is 1. The summed E-state index contributed by atoms with van der Waals surface area (Å²) in [6.45, 7) is 1.92. The summed E-state index contributed by atoms with van der Waals surface area (Å²) >= 11 is 7.21. The largest absolute Gasteiger partial charge is 0.325 e. The highest BCUT2D eigenvalue weighted by Gasteiger charge is 2.16. The second-order valence-electron chi connectivity index (χ2n) is 6.98. The van der Waals surface area contributed by atoms with Gasteiger partial charge in [-0.05, 0) is 48.9 Å². The van der Waals surface area contributed by atoms with Crippen LogP contribution < -0.4 is 10.9 Å². The summed E-state index contributed by atoms with van der Waals surface area (Å²) in [6, 6.07) is 21.4. The molecule has 1 N–H and O–H groups in total. The molecule has 0 aliphatic carbocycles. The third-order valence-electron chi connectivity index (χ3n) is 4.81. The highest BCUT2D eigenvalue weighted by Crippen LogP contribution is 2.24. The Morgan fingerprint density at radius 3 is 2.66 bits per heavy atom. The minimum atomic E-state index is -0.283. The maximum absolute atomic E-state index is 13.3. The number of nitriles is 1. The van der Waals surface area contributed by atoms with Gasteiger partial charge in [-0.25, -0.2) is 4.98 Å². The van der Waals surface area contributed by atoms with Crippen LogP contribution in [0.1, 0.15) is 11.1 Å². The number of nitrogens with one attached hydrogen (secondary N) is 1. The molecule has 158 valence electrons. The lowest BCUT2D eigenvalue weighted by Gasteiger charge is -2.15. The van der Waals surface area contributed by atoms with Crippen molar-refractivity contribution in [2.24, 2.45) is 0 Å². The van der Waals surface area contributed by atoms with Crippen LogP contribution in [0.3, 0.4) is 0 Å². The van der Waals surface area contributed by atoms with Crippen molar-refractivity contribution in [3.63, 3.8) is 0 Å². The summed E-state index contributed by atoms with van der Waals surface area (Å²) in [5, 5.41) is 12.9. The Kier molecular flexibility index (Phi) is 6.26. The molecule has 0 spiro atoms. The molecule has 0 aliphatic rings. The molecule has 0 radical (unpaired) electrons. The monoisotopic (exact) mass is 460 g/mol. The summed E-state index contributed by atoms with van der Waals surface area (Å²) in [6.07, 6.45) is 0. The van der Waals surface area contributed by atoms with Gasteiger partial charge in [-0.1, -0.05) is 53.7 Å². The fourth-order valence-electron chi connectivity index (χ4n) is 3.25. The standard InChI is InChI=1S/C24H17ClN4O2S/c1-15-6-2-5-9-21(15)29-23(31)18-7-3-4-8-20(18)28-24(29)32-14-22(30)27-17-11-10-16(13-26)19(25)12-17/h2-12H,14H2,1H3,(H,27,30). The van der Waals surface area contributed by atoms with Crippen LogP contribution >= 0.6 is 23.4 Å². The number of rotatable bonds is 5. The molecule has 0 saturated heterocycles. The lowest BCUT2D eigenvalue weighted by Crippen LogP contribution is -2.23. The van der Waals surface area contributed by atoms with E-state index in [0.29, 0.717) is 27.3 Å². The third-order valence-corrected chi connectivity index (χ3v) is 6.06. The predicted octanol–water partition coefficient (Wildman–Crippen LogP) is 4.95. The minimum Gasteiger partial charge on any atom is -0.325 e. The predicted molar refractivity (Wildman–Crippen MR) is 128 cm³/mol. The molecular weight excluding hydrogens is 444 g/mol. The fraction of sp³-hybridized carbons (Fsp3) is 0.0833. The number of halogens is 1. The van der Waals surface area contributed by atoms with E-state index in [2.05, 4.69) is 10.3 Å². The number of anilines is 1. The molecule has 1 heterocycles. The lowest BCUT2D eigenvalue weighted by molar-refractivity contribution is -0.113. The van der Waals surface area contributed by atoms with Gasteiger partial charge in [0.1, 0.15) is 6.07 Å². The van der Waals surface area contributed by atoms with Gasteiger partial charge >= 0.3 is 0 Å². The first-order valence-corrected chi connectivity index (χ1v) is 11.0. The summed E-state index contributed by atoms with van der Waals surface area (Å²) in [5.74, 6) is -0.247. The molecule has 32 heavy (non-hydrogen) atoms. The highest BCUT2D eigenvalue weighted by molar-refractivity contribution is 7.99. The molecule has 6 nitrogen and oxygen atoms in total. The zero-order chi connectivity index (χ0) is 22.7. The van der Waals surface area contributed by atoms with Crippen molar-refractivity contribution in [1.82, 2.24) is 9.55 Å². The molecule has 0 fully saturated rings. The van der Waals surface area contributed by atoms with E-state index in [4.69, 9.17) is 16.9 Å². The van der Waals surface area contributed by atoms with Crippen LogP contribution in [0, 0.1) is 18.3 Å². The number of carbonyl (C=O) groups excluding carboxylic acids is 1. The van der Waals surface area contributed by atoms with Crippen LogP contribution in [0.2, 0.25) is 5.02 Å². The summed E-state index contributed by atoms with van der Waals surface area (Å²) in [4.78, 5) is 30.5. The third kappa shape index (κ3) is 4.37. The van der Waals surface area contributed by atoms with E-state index < -0.39 is 0 Å². The zero-order valence-corrected chi connectivity index (χ0v) is 18.6. The molecular formula is C24H17ClN4O2S. The van der Waals surface area contributed by atoms with Crippen molar-refractivity contribution in [1.29, 1.82) is 5.26 Å². The number of hydrogen-bond acceptors (Lipinski definition) is 5. The van der Waals surface area contributed by atoms with E-state index in [0.717, 1.165) is 11.3 Å². The topological polar surface area (TPSA) is 87.8 Å². The minimum absolute atomic E-state index is 0.0360. The molecule has 0 saturated carbocycles. The van der Waals surface area contributed by atoms with E-state index in [-0.39, 0.29) is 22.2 Å². The van der Waals surface area contributed by atoms with Gasteiger partial charge in [-0.15, -0.1) is 0 Å². The van der Waals surface area contributed by atoms with Crippen molar-refractivity contribution in [3.8, 4) is 11.8 Å². The van der Waals surface area contributed by atoms with Gasteiger partial charge < -0.3 is 5.32 Å². The first-order valence-electron chi connectivity index (χ1n) is 9.68. The van der Waals surface area contributed by atoms with Gasteiger partial charge in [0.15, 0.2) is 5.16 Å². The Balaban J connectivity index is 1.65. The summed E-state index contributed by atoms with van der Waals surface area (Å²) < 4.78 is 1.55. The van der Waals surface area contributed by atoms with E-state index in [9.17, 15) is 9.59 Å². The van der Waals surface area contributed by atoms with Gasteiger partial charge in [0, 0.05) is 5.69 Å². The van der Waals surface area contributed by atoms with Crippen LogP contribution in [-0.2, 0) is 4.79 Å². The Morgan fingerprint density at radius 2 is 1.91 bits per heavy atom. The number of hydrogen-bond donors (Lipinski definition) is 1. The van der Waals surface area contributed by atoms with E-state index >= 15 is 0 Å². The van der Waals surface area contributed by atoms with E-state index in [1.807, 2.05) is 43.3 Å². The molecule has 0 atom stereocenters. The van der Waals surface area contributed by atoms with Gasteiger partial charge in [-0.3, -0.25) is 14.2 Å². The van der Waals surface area contributed by atoms with Gasteiger partial charge in [0.2, 0.25) is 5.91 Å². The van der Waals surface area contributed by atoms with Crippen LogP contribution in [0.15, 0.2) is 76.7 Å². The molecule has 4 rings (SSSR count). The van der Waals surface area contributed by atoms with Crippen molar-refractivity contribution in [2.75, 3.05) is 11.1 Å². The zero-order valence-electron chi connectivity index (χ0n) is 17.0. The van der Waals surface area contributed by atoms with E-state index in [1.54, 1.807) is 34.9 Å². The normalized spacial score (nSPS) is 10.7. The van der Waals surface area contributed by atoms with E-state index in [1.165, 1.54) is 17.8 Å². The molecule has 4 aromatic rings. The number of para-hydroxylation sites is 2. The number of amides is 1. The number of thioether (sulfide) groups is 1. The number of benzene rings is 3. The second kappa shape index (κ2) is 9.27. The maximum atomic E-state index is 13.3.